The molecule has 1 aromatic carbocycles. The molecular formula is C12H14FN3OS. The standard InChI is InChI=1S/C12H14FN3OS/c1-3-14-11(17)7(2)15-12-16-9-6-8(13)4-5-10(9)18-12/h4-7H,3H2,1-2H3,(H,14,17)(H,15,16). The largest absolute Gasteiger partial charge is 0.355 e. The summed E-state index contributed by atoms with van der Waals surface area (Å²) in [6, 6.07) is 4.10. The highest BCUT2D eigenvalue weighted by Crippen LogP contribution is 2.26. The van der Waals surface area contributed by atoms with E-state index in [4.69, 9.17) is 0 Å². The minimum absolute atomic E-state index is 0.0806. The summed E-state index contributed by atoms with van der Waals surface area (Å²) in [6.07, 6.45) is 0. The Labute approximate surface area is 108 Å². The molecule has 0 aliphatic rings. The summed E-state index contributed by atoms with van der Waals surface area (Å²) < 4.78 is 13.9. The molecule has 1 heterocycles. The van der Waals surface area contributed by atoms with Crippen LogP contribution in [0.1, 0.15) is 13.8 Å². The Morgan fingerprint density at radius 1 is 1.56 bits per heavy atom. The van der Waals surface area contributed by atoms with Crippen molar-refractivity contribution < 1.29 is 9.18 Å². The molecule has 6 heteroatoms. The molecule has 0 radical (unpaired) electrons. The molecule has 2 aromatic rings. The maximum Gasteiger partial charge on any atom is 0.242 e. The number of anilines is 1. The first-order valence-corrected chi connectivity index (χ1v) is 6.52. The van der Waals surface area contributed by atoms with Crippen molar-refractivity contribution in [2.45, 2.75) is 19.9 Å². The van der Waals surface area contributed by atoms with E-state index in [9.17, 15) is 9.18 Å². The summed E-state index contributed by atoms with van der Waals surface area (Å²) in [6.45, 7) is 4.22. The fourth-order valence-corrected chi connectivity index (χ4v) is 2.47. The first kappa shape index (κ1) is 12.8. The van der Waals surface area contributed by atoms with Gasteiger partial charge in [-0.05, 0) is 26.0 Å². The van der Waals surface area contributed by atoms with Gasteiger partial charge in [-0.1, -0.05) is 11.3 Å². The van der Waals surface area contributed by atoms with Gasteiger partial charge >= 0.3 is 0 Å². The zero-order valence-electron chi connectivity index (χ0n) is 10.2. The molecule has 1 aromatic heterocycles. The second-order valence-corrected chi connectivity index (χ2v) is 4.92. The SMILES string of the molecule is CCNC(=O)C(C)Nc1nc2cc(F)ccc2s1. The molecule has 2 rings (SSSR count). The fourth-order valence-electron chi connectivity index (χ4n) is 1.54. The number of benzene rings is 1. The van der Waals surface area contributed by atoms with Crippen LogP contribution in [-0.2, 0) is 4.79 Å². The van der Waals surface area contributed by atoms with Gasteiger partial charge in [0.1, 0.15) is 11.9 Å². The van der Waals surface area contributed by atoms with Crippen LogP contribution in [0.2, 0.25) is 0 Å². The lowest BCUT2D eigenvalue weighted by atomic mass is 10.3. The molecule has 18 heavy (non-hydrogen) atoms. The zero-order chi connectivity index (χ0) is 13.1. The summed E-state index contributed by atoms with van der Waals surface area (Å²) >= 11 is 1.40. The summed E-state index contributed by atoms with van der Waals surface area (Å²) in [7, 11) is 0. The first-order chi connectivity index (χ1) is 8.60. The van der Waals surface area contributed by atoms with Crippen molar-refractivity contribution in [2.24, 2.45) is 0 Å². The van der Waals surface area contributed by atoms with E-state index in [0.717, 1.165) is 4.70 Å². The predicted octanol–water partition coefficient (Wildman–Crippen LogP) is 2.37. The maximum absolute atomic E-state index is 13.0. The Morgan fingerprint density at radius 3 is 3.06 bits per heavy atom. The van der Waals surface area contributed by atoms with Crippen molar-refractivity contribution in [3.05, 3.63) is 24.0 Å². The van der Waals surface area contributed by atoms with E-state index in [1.165, 1.54) is 23.5 Å². The van der Waals surface area contributed by atoms with E-state index >= 15 is 0 Å². The minimum Gasteiger partial charge on any atom is -0.355 e. The van der Waals surface area contributed by atoms with Gasteiger partial charge in [0.2, 0.25) is 5.91 Å². The number of nitrogens with zero attached hydrogens (tertiary/aromatic N) is 1. The quantitative estimate of drug-likeness (QED) is 0.894. The molecule has 0 saturated heterocycles. The van der Waals surface area contributed by atoms with Gasteiger partial charge in [-0.2, -0.15) is 0 Å². The van der Waals surface area contributed by atoms with Gasteiger partial charge in [0, 0.05) is 12.6 Å². The highest BCUT2D eigenvalue weighted by atomic mass is 32.1. The Morgan fingerprint density at radius 2 is 2.33 bits per heavy atom. The number of rotatable bonds is 4. The normalized spacial score (nSPS) is 12.4. The van der Waals surface area contributed by atoms with Crippen LogP contribution in [0.4, 0.5) is 9.52 Å². The third-order valence-corrected chi connectivity index (χ3v) is 3.40. The van der Waals surface area contributed by atoms with Gasteiger partial charge in [-0.15, -0.1) is 0 Å². The molecule has 0 bridgehead atoms. The molecular weight excluding hydrogens is 253 g/mol. The number of hydrogen-bond acceptors (Lipinski definition) is 4. The first-order valence-electron chi connectivity index (χ1n) is 5.70. The van der Waals surface area contributed by atoms with Crippen molar-refractivity contribution in [1.82, 2.24) is 10.3 Å². The van der Waals surface area contributed by atoms with Crippen molar-refractivity contribution in [3.8, 4) is 0 Å². The second kappa shape index (κ2) is 5.30. The highest BCUT2D eigenvalue weighted by Gasteiger charge is 2.13. The lowest BCUT2D eigenvalue weighted by Crippen LogP contribution is -2.37. The number of halogens is 1. The van der Waals surface area contributed by atoms with Crippen LogP contribution in [-0.4, -0.2) is 23.5 Å². The van der Waals surface area contributed by atoms with Crippen LogP contribution in [0.25, 0.3) is 10.2 Å². The minimum atomic E-state index is -0.365. The topological polar surface area (TPSA) is 54.0 Å². The average Bonchev–Trinajstić information content (AvgIpc) is 2.70. The van der Waals surface area contributed by atoms with Crippen molar-refractivity contribution in [1.29, 1.82) is 0 Å². The molecule has 2 N–H and O–H groups in total. The van der Waals surface area contributed by atoms with E-state index in [-0.39, 0.29) is 17.8 Å². The lowest BCUT2D eigenvalue weighted by Gasteiger charge is -2.11. The molecule has 96 valence electrons. The molecule has 0 fully saturated rings. The molecule has 1 atom stereocenters. The van der Waals surface area contributed by atoms with Crippen molar-refractivity contribution >= 4 is 32.6 Å². The highest BCUT2D eigenvalue weighted by molar-refractivity contribution is 7.22. The Hall–Kier alpha value is -1.69. The monoisotopic (exact) mass is 267 g/mol. The van der Waals surface area contributed by atoms with Gasteiger partial charge in [0.05, 0.1) is 10.2 Å². The van der Waals surface area contributed by atoms with Crippen LogP contribution in [0, 0.1) is 5.82 Å². The number of thiazole rings is 1. The average molecular weight is 267 g/mol. The van der Waals surface area contributed by atoms with E-state index in [0.29, 0.717) is 17.2 Å². The number of fused-ring (bicyclic) bond motifs is 1. The number of aromatic nitrogens is 1. The molecule has 0 aliphatic carbocycles. The second-order valence-electron chi connectivity index (χ2n) is 3.89. The maximum atomic E-state index is 13.0. The molecule has 0 spiro atoms. The fraction of sp³-hybridized carbons (Fsp3) is 0.333. The van der Waals surface area contributed by atoms with Crippen LogP contribution in [0.3, 0.4) is 0 Å². The number of carbonyl (C=O) groups excluding carboxylic acids is 1. The number of carbonyl (C=O) groups is 1. The summed E-state index contributed by atoms with van der Waals surface area (Å²) in [5.74, 6) is -0.390. The molecule has 0 saturated carbocycles. The summed E-state index contributed by atoms with van der Waals surface area (Å²) in [5, 5.41) is 6.35. The van der Waals surface area contributed by atoms with E-state index in [1.54, 1.807) is 13.0 Å². The third kappa shape index (κ3) is 2.76. The third-order valence-electron chi connectivity index (χ3n) is 2.43. The van der Waals surface area contributed by atoms with E-state index in [2.05, 4.69) is 15.6 Å². The van der Waals surface area contributed by atoms with Crippen LogP contribution >= 0.6 is 11.3 Å². The molecule has 4 nitrogen and oxygen atoms in total. The van der Waals surface area contributed by atoms with Gasteiger partial charge in [-0.25, -0.2) is 9.37 Å². The number of hydrogen-bond donors (Lipinski definition) is 2. The number of likely N-dealkylation sites (N-methyl/N-ethyl adjacent to an activating group) is 1. The lowest BCUT2D eigenvalue weighted by molar-refractivity contribution is -0.121. The van der Waals surface area contributed by atoms with E-state index in [1.807, 2.05) is 6.92 Å². The van der Waals surface area contributed by atoms with Crippen molar-refractivity contribution in [2.75, 3.05) is 11.9 Å². The molecule has 0 aliphatic heterocycles. The summed E-state index contributed by atoms with van der Waals surface area (Å²) in [4.78, 5) is 15.8. The van der Waals surface area contributed by atoms with Crippen LogP contribution < -0.4 is 10.6 Å². The summed E-state index contributed by atoms with van der Waals surface area (Å²) in [5.41, 5.74) is 0.602. The van der Waals surface area contributed by atoms with Gasteiger partial charge in [-0.3, -0.25) is 4.79 Å². The predicted molar refractivity (Wildman–Crippen MR) is 71.3 cm³/mol. The van der Waals surface area contributed by atoms with Crippen LogP contribution in [0.15, 0.2) is 18.2 Å². The Balaban J connectivity index is 2.14. The van der Waals surface area contributed by atoms with Gasteiger partial charge in [0.25, 0.3) is 0 Å². The van der Waals surface area contributed by atoms with Crippen LogP contribution in [0.5, 0.6) is 0 Å². The van der Waals surface area contributed by atoms with Gasteiger partial charge < -0.3 is 10.6 Å². The number of nitrogens with one attached hydrogen (secondary N) is 2. The van der Waals surface area contributed by atoms with Gasteiger partial charge in [0.15, 0.2) is 5.13 Å². The smallest absolute Gasteiger partial charge is 0.242 e. The Bertz CT molecular complexity index is 569. The molecule has 1 unspecified atom stereocenters. The zero-order valence-corrected chi connectivity index (χ0v) is 11.0. The van der Waals surface area contributed by atoms with E-state index < -0.39 is 0 Å². The molecule has 1 amide bonds. The Kier molecular flexibility index (Phi) is 3.76. The van der Waals surface area contributed by atoms with Crippen molar-refractivity contribution in [3.63, 3.8) is 0 Å². The number of amides is 1.